The summed E-state index contributed by atoms with van der Waals surface area (Å²) in [6.45, 7) is 0. The summed E-state index contributed by atoms with van der Waals surface area (Å²) >= 11 is 1.42. The molecule has 5 nitrogen and oxygen atoms in total. The van der Waals surface area contributed by atoms with Crippen LogP contribution in [0.25, 0.3) is 0 Å². The number of nitrogens with one attached hydrogen (secondary N) is 1. The van der Waals surface area contributed by atoms with Gasteiger partial charge in [0.1, 0.15) is 0 Å². The average molecular weight is 274 g/mol. The van der Waals surface area contributed by atoms with E-state index in [-0.39, 0.29) is 6.42 Å². The number of carbonyl (C=O) groups is 2. The molecule has 0 spiro atoms. The Labute approximate surface area is 99.9 Å². The number of halogens is 3. The Morgan fingerprint density at radius 3 is 2.29 bits per heavy atom. The highest BCUT2D eigenvalue weighted by molar-refractivity contribution is 7.98. The summed E-state index contributed by atoms with van der Waals surface area (Å²) < 4.78 is 37.1. The molecule has 0 aliphatic heterocycles. The third kappa shape index (κ3) is 4.43. The van der Waals surface area contributed by atoms with Crippen LogP contribution in [0.5, 0.6) is 0 Å². The van der Waals surface area contributed by atoms with Crippen molar-refractivity contribution >= 4 is 23.6 Å². The maximum atomic E-state index is 12.4. The Kier molecular flexibility index (Phi) is 5.76. The van der Waals surface area contributed by atoms with Crippen LogP contribution in [-0.2, 0) is 9.59 Å². The van der Waals surface area contributed by atoms with Gasteiger partial charge in [-0.15, -0.1) is 0 Å². The third-order valence-electron chi connectivity index (χ3n) is 1.87. The first kappa shape index (κ1) is 16.0. The van der Waals surface area contributed by atoms with Crippen molar-refractivity contribution in [2.24, 2.45) is 5.73 Å². The van der Waals surface area contributed by atoms with Crippen LogP contribution in [0.15, 0.2) is 0 Å². The van der Waals surface area contributed by atoms with Crippen molar-refractivity contribution in [3.8, 4) is 0 Å². The minimum absolute atomic E-state index is 0.205. The molecular weight excluding hydrogens is 261 g/mol. The van der Waals surface area contributed by atoms with E-state index in [1.165, 1.54) is 17.1 Å². The predicted octanol–water partition coefficient (Wildman–Crippen LogP) is 0.548. The lowest BCUT2D eigenvalue weighted by molar-refractivity contribution is -0.209. The molecule has 0 aliphatic carbocycles. The number of hydrogen-bond donors (Lipinski definition) is 3. The maximum Gasteiger partial charge on any atom is 0.436 e. The molecule has 4 N–H and O–H groups in total. The zero-order valence-corrected chi connectivity index (χ0v) is 9.82. The summed E-state index contributed by atoms with van der Waals surface area (Å²) in [6, 6.07) is 0. The van der Waals surface area contributed by atoms with Crippen molar-refractivity contribution in [3.63, 3.8) is 0 Å². The van der Waals surface area contributed by atoms with Crippen LogP contribution in [0.1, 0.15) is 12.8 Å². The van der Waals surface area contributed by atoms with Crippen LogP contribution < -0.4 is 11.1 Å². The Balaban J connectivity index is 4.58. The molecule has 0 saturated carbocycles. The zero-order chi connectivity index (χ0) is 13.7. The summed E-state index contributed by atoms with van der Waals surface area (Å²) in [5.74, 6) is -2.80. The van der Waals surface area contributed by atoms with Crippen molar-refractivity contribution in [2.75, 3.05) is 12.0 Å². The highest BCUT2D eigenvalue weighted by atomic mass is 32.2. The second kappa shape index (κ2) is 6.10. The SMILES string of the molecule is CSCCCC(=O)NC(N)(C(=O)O)C(F)(F)F. The number of alkyl halides is 3. The highest BCUT2D eigenvalue weighted by Gasteiger charge is 2.59. The molecule has 0 bridgehead atoms. The van der Waals surface area contributed by atoms with Crippen molar-refractivity contribution in [1.29, 1.82) is 0 Å². The Bertz CT molecular complexity index is 298. The lowest BCUT2D eigenvalue weighted by Crippen LogP contribution is -2.70. The second-order valence-corrected chi connectivity index (χ2v) is 4.24. The fourth-order valence-electron chi connectivity index (χ4n) is 0.905. The van der Waals surface area contributed by atoms with Crippen LogP contribution in [0, 0.1) is 0 Å². The number of carbonyl (C=O) groups excluding carboxylic acids is 1. The molecule has 0 aromatic carbocycles. The Morgan fingerprint density at radius 2 is 1.94 bits per heavy atom. The van der Waals surface area contributed by atoms with E-state index in [9.17, 15) is 22.8 Å². The Morgan fingerprint density at radius 1 is 1.41 bits per heavy atom. The van der Waals surface area contributed by atoms with Crippen LogP contribution in [-0.4, -0.2) is 40.8 Å². The number of rotatable bonds is 6. The van der Waals surface area contributed by atoms with Gasteiger partial charge in [0.05, 0.1) is 0 Å². The predicted molar refractivity (Wildman–Crippen MR) is 56.4 cm³/mol. The van der Waals surface area contributed by atoms with Crippen LogP contribution in [0.2, 0.25) is 0 Å². The van der Waals surface area contributed by atoms with Gasteiger partial charge in [-0.25, -0.2) is 4.79 Å². The van der Waals surface area contributed by atoms with Crippen molar-refractivity contribution in [2.45, 2.75) is 24.7 Å². The van der Waals surface area contributed by atoms with E-state index in [0.717, 1.165) is 0 Å². The van der Waals surface area contributed by atoms with Crippen molar-refractivity contribution in [1.82, 2.24) is 5.32 Å². The molecule has 0 rings (SSSR count). The van der Waals surface area contributed by atoms with Gasteiger partial charge in [0, 0.05) is 6.42 Å². The highest BCUT2D eigenvalue weighted by Crippen LogP contribution is 2.26. The molecule has 0 aromatic heterocycles. The van der Waals surface area contributed by atoms with Crippen LogP contribution in [0.3, 0.4) is 0 Å². The van der Waals surface area contributed by atoms with E-state index >= 15 is 0 Å². The van der Waals surface area contributed by atoms with Gasteiger partial charge < -0.3 is 10.4 Å². The number of hydrogen-bond acceptors (Lipinski definition) is 4. The number of nitrogens with two attached hydrogens (primary N) is 1. The standard InChI is InChI=1S/C8H13F3N2O3S/c1-17-4-2-3-5(14)13-7(12,6(15)16)8(9,10)11/h2-4,12H2,1H3,(H,13,14)(H,15,16). The largest absolute Gasteiger partial charge is 0.478 e. The molecule has 0 radical (unpaired) electrons. The normalized spacial score (nSPS) is 15.1. The average Bonchev–Trinajstić information content (AvgIpc) is 2.15. The van der Waals surface area contributed by atoms with Gasteiger partial charge in [-0.1, -0.05) is 0 Å². The van der Waals surface area contributed by atoms with E-state index in [1.54, 1.807) is 6.26 Å². The molecule has 0 heterocycles. The van der Waals surface area contributed by atoms with E-state index in [2.05, 4.69) is 5.73 Å². The van der Waals surface area contributed by atoms with E-state index < -0.39 is 23.7 Å². The van der Waals surface area contributed by atoms with E-state index in [4.69, 9.17) is 5.11 Å². The summed E-state index contributed by atoms with van der Waals surface area (Å²) in [5.41, 5.74) is 0.929. The topological polar surface area (TPSA) is 92.4 Å². The first-order chi connectivity index (χ1) is 7.65. The summed E-state index contributed by atoms with van der Waals surface area (Å²) in [5, 5.41) is 9.72. The molecule has 17 heavy (non-hydrogen) atoms. The monoisotopic (exact) mass is 274 g/mol. The van der Waals surface area contributed by atoms with Gasteiger partial charge in [0.25, 0.3) is 5.66 Å². The maximum absolute atomic E-state index is 12.4. The van der Waals surface area contributed by atoms with Gasteiger partial charge in [0.2, 0.25) is 5.91 Å². The molecular formula is C8H13F3N2O3S. The lowest BCUT2D eigenvalue weighted by Gasteiger charge is -2.28. The van der Waals surface area contributed by atoms with Crippen LogP contribution in [0.4, 0.5) is 13.2 Å². The number of aliphatic carboxylic acids is 1. The molecule has 0 fully saturated rings. The Hall–Kier alpha value is -0.960. The van der Waals surface area contributed by atoms with Gasteiger partial charge in [-0.05, 0) is 18.4 Å². The number of thioether (sulfide) groups is 1. The molecule has 0 aliphatic rings. The summed E-state index contributed by atoms with van der Waals surface area (Å²) in [4.78, 5) is 21.6. The van der Waals surface area contributed by atoms with Gasteiger partial charge in [0.15, 0.2) is 0 Å². The quantitative estimate of drug-likeness (QED) is 0.486. The first-order valence-corrected chi connectivity index (χ1v) is 5.93. The van der Waals surface area contributed by atoms with Gasteiger partial charge in [-0.3, -0.25) is 10.5 Å². The minimum atomic E-state index is -5.26. The van der Waals surface area contributed by atoms with Gasteiger partial charge in [-0.2, -0.15) is 24.9 Å². The van der Waals surface area contributed by atoms with E-state index in [0.29, 0.717) is 12.2 Å². The van der Waals surface area contributed by atoms with Crippen LogP contribution >= 0.6 is 11.8 Å². The molecule has 1 unspecified atom stereocenters. The molecule has 0 saturated heterocycles. The van der Waals surface area contributed by atoms with Crippen molar-refractivity contribution in [3.05, 3.63) is 0 Å². The zero-order valence-electron chi connectivity index (χ0n) is 9.00. The summed E-state index contributed by atoms with van der Waals surface area (Å²) in [6.07, 6.45) is -3.34. The fourth-order valence-corrected chi connectivity index (χ4v) is 1.34. The molecule has 9 heteroatoms. The minimum Gasteiger partial charge on any atom is -0.478 e. The fraction of sp³-hybridized carbons (Fsp3) is 0.750. The number of carboxylic acids is 1. The lowest BCUT2D eigenvalue weighted by atomic mass is 10.1. The smallest absolute Gasteiger partial charge is 0.436 e. The molecule has 100 valence electrons. The van der Waals surface area contributed by atoms with E-state index in [1.807, 2.05) is 0 Å². The third-order valence-corrected chi connectivity index (χ3v) is 2.57. The first-order valence-electron chi connectivity index (χ1n) is 4.54. The number of amides is 1. The van der Waals surface area contributed by atoms with Crippen molar-refractivity contribution < 1.29 is 27.9 Å². The summed E-state index contributed by atoms with van der Waals surface area (Å²) in [7, 11) is 0. The van der Waals surface area contributed by atoms with Gasteiger partial charge >= 0.3 is 12.1 Å². The molecule has 1 atom stereocenters. The molecule has 0 aromatic rings. The number of carboxylic acid groups (broad SMARTS) is 1. The molecule has 1 amide bonds. The second-order valence-electron chi connectivity index (χ2n) is 3.26.